The normalized spacial score (nSPS) is 12.4. The molecular formula is C22H30N2O. The van der Waals surface area contributed by atoms with Crippen LogP contribution in [-0.4, -0.2) is 36.5 Å². The number of nitrogens with one attached hydrogen (secondary N) is 1. The van der Waals surface area contributed by atoms with Gasteiger partial charge in [-0.15, -0.1) is 0 Å². The fourth-order valence-electron chi connectivity index (χ4n) is 2.82. The van der Waals surface area contributed by atoms with Crippen LogP contribution in [-0.2, 0) is 17.6 Å². The fourth-order valence-corrected chi connectivity index (χ4v) is 2.82. The molecule has 0 radical (unpaired) electrons. The van der Waals surface area contributed by atoms with Crippen molar-refractivity contribution < 1.29 is 4.79 Å². The van der Waals surface area contributed by atoms with E-state index < -0.39 is 0 Å². The second-order valence-corrected chi connectivity index (χ2v) is 6.99. The molecule has 2 rings (SSSR count). The molecule has 0 aliphatic heterocycles. The summed E-state index contributed by atoms with van der Waals surface area (Å²) in [5.41, 5.74) is 3.68. The van der Waals surface area contributed by atoms with Gasteiger partial charge in [0.2, 0.25) is 5.91 Å². The minimum absolute atomic E-state index is 0.104. The molecule has 0 fully saturated rings. The molecule has 3 nitrogen and oxygen atoms in total. The minimum Gasteiger partial charge on any atom is -0.354 e. The van der Waals surface area contributed by atoms with Crippen molar-refractivity contribution >= 4 is 5.91 Å². The Hall–Kier alpha value is -2.13. The fraction of sp³-hybridized carbons (Fsp3) is 0.409. The van der Waals surface area contributed by atoms with Crippen molar-refractivity contribution in [2.75, 3.05) is 13.6 Å². The molecule has 1 unspecified atom stereocenters. The van der Waals surface area contributed by atoms with E-state index in [-0.39, 0.29) is 11.9 Å². The molecule has 1 N–H and O–H groups in total. The van der Waals surface area contributed by atoms with Gasteiger partial charge >= 0.3 is 0 Å². The molecule has 0 bridgehead atoms. The van der Waals surface area contributed by atoms with Crippen LogP contribution < -0.4 is 5.32 Å². The van der Waals surface area contributed by atoms with E-state index in [0.29, 0.717) is 12.6 Å². The third-order valence-corrected chi connectivity index (χ3v) is 4.71. The molecule has 0 aromatic heterocycles. The van der Waals surface area contributed by atoms with Gasteiger partial charge in [0, 0.05) is 12.6 Å². The van der Waals surface area contributed by atoms with E-state index >= 15 is 0 Å². The van der Waals surface area contributed by atoms with Crippen molar-refractivity contribution in [2.45, 2.75) is 45.7 Å². The summed E-state index contributed by atoms with van der Waals surface area (Å²) in [7, 11) is 2.03. The topological polar surface area (TPSA) is 32.3 Å². The summed E-state index contributed by atoms with van der Waals surface area (Å²) in [4.78, 5) is 14.9. The summed E-state index contributed by atoms with van der Waals surface area (Å²) in [5.74, 6) is 0.104. The average molecular weight is 338 g/mol. The number of likely N-dealkylation sites (N-methyl/N-ethyl adjacent to an activating group) is 1. The van der Waals surface area contributed by atoms with E-state index in [1.807, 2.05) is 25.2 Å². The number of amides is 1. The molecule has 3 heteroatoms. The first-order chi connectivity index (χ1) is 12.0. The molecule has 0 saturated carbocycles. The molecule has 25 heavy (non-hydrogen) atoms. The van der Waals surface area contributed by atoms with Crippen LogP contribution in [0.15, 0.2) is 54.6 Å². The second kappa shape index (κ2) is 9.38. The lowest BCUT2D eigenvalue weighted by atomic mass is 10.0. The lowest BCUT2D eigenvalue weighted by Crippen LogP contribution is -2.49. The Labute approximate surface area is 152 Å². The number of nitrogens with zero attached hydrogens (tertiary/aromatic N) is 1. The van der Waals surface area contributed by atoms with E-state index in [2.05, 4.69) is 67.4 Å². The van der Waals surface area contributed by atoms with Gasteiger partial charge in [-0.1, -0.05) is 60.2 Å². The first-order valence-corrected chi connectivity index (χ1v) is 9.06. The van der Waals surface area contributed by atoms with Crippen LogP contribution in [0.4, 0.5) is 0 Å². The maximum absolute atomic E-state index is 12.8. The molecule has 2 aromatic carbocycles. The van der Waals surface area contributed by atoms with Crippen LogP contribution in [0.3, 0.4) is 0 Å². The smallest absolute Gasteiger partial charge is 0.237 e. The van der Waals surface area contributed by atoms with Crippen molar-refractivity contribution in [2.24, 2.45) is 0 Å². The SMILES string of the molecule is Cc1ccc(CC(C(=O)NCCc2ccccc2)N(C)C(C)C)cc1. The summed E-state index contributed by atoms with van der Waals surface area (Å²) >= 11 is 0. The largest absolute Gasteiger partial charge is 0.354 e. The molecule has 0 saturated heterocycles. The quantitative estimate of drug-likeness (QED) is 0.797. The summed E-state index contributed by atoms with van der Waals surface area (Å²) in [6, 6.07) is 18.9. The Morgan fingerprint density at radius 1 is 1.00 bits per heavy atom. The zero-order valence-corrected chi connectivity index (χ0v) is 15.8. The molecule has 0 spiro atoms. The summed E-state index contributed by atoms with van der Waals surface area (Å²) in [5, 5.41) is 3.12. The molecule has 0 aliphatic rings. The standard InChI is InChI=1S/C22H30N2O/c1-17(2)24(4)21(16-20-12-10-18(3)11-13-20)22(25)23-15-14-19-8-6-5-7-9-19/h5-13,17,21H,14-16H2,1-4H3,(H,23,25). The van der Waals surface area contributed by atoms with Crippen LogP contribution in [0.1, 0.15) is 30.5 Å². The molecule has 134 valence electrons. The summed E-state index contributed by atoms with van der Waals surface area (Å²) in [6.07, 6.45) is 1.58. The predicted molar refractivity (Wildman–Crippen MR) is 105 cm³/mol. The van der Waals surface area contributed by atoms with Gasteiger partial charge in [0.25, 0.3) is 0 Å². The lowest BCUT2D eigenvalue weighted by molar-refractivity contribution is -0.126. The van der Waals surface area contributed by atoms with Gasteiger partial charge in [0.15, 0.2) is 0 Å². The number of rotatable bonds is 8. The van der Waals surface area contributed by atoms with Gasteiger partial charge in [0.05, 0.1) is 6.04 Å². The molecule has 1 atom stereocenters. The van der Waals surface area contributed by atoms with E-state index in [0.717, 1.165) is 12.8 Å². The Morgan fingerprint density at radius 3 is 2.24 bits per heavy atom. The van der Waals surface area contributed by atoms with Crippen molar-refractivity contribution in [3.05, 3.63) is 71.3 Å². The van der Waals surface area contributed by atoms with Crippen molar-refractivity contribution in [3.8, 4) is 0 Å². The molecule has 0 heterocycles. The number of carbonyl (C=O) groups excluding carboxylic acids is 1. The van der Waals surface area contributed by atoms with Crippen molar-refractivity contribution in [3.63, 3.8) is 0 Å². The molecule has 2 aromatic rings. The number of hydrogen-bond acceptors (Lipinski definition) is 2. The van der Waals surface area contributed by atoms with Gasteiger partial charge in [0.1, 0.15) is 0 Å². The van der Waals surface area contributed by atoms with Gasteiger partial charge in [-0.05, 0) is 51.8 Å². The first kappa shape index (κ1) is 19.2. The van der Waals surface area contributed by atoms with Crippen LogP contribution in [0.5, 0.6) is 0 Å². The Morgan fingerprint density at radius 2 is 1.64 bits per heavy atom. The van der Waals surface area contributed by atoms with Gasteiger partial charge in [-0.25, -0.2) is 0 Å². The number of hydrogen-bond donors (Lipinski definition) is 1. The highest BCUT2D eigenvalue weighted by atomic mass is 16.2. The number of aryl methyl sites for hydroxylation is 1. The van der Waals surface area contributed by atoms with Crippen LogP contribution >= 0.6 is 0 Å². The number of carbonyl (C=O) groups is 1. The lowest BCUT2D eigenvalue weighted by Gasteiger charge is -2.30. The monoisotopic (exact) mass is 338 g/mol. The van der Waals surface area contributed by atoms with Crippen LogP contribution in [0, 0.1) is 6.92 Å². The second-order valence-electron chi connectivity index (χ2n) is 6.99. The maximum atomic E-state index is 12.8. The highest BCUT2D eigenvalue weighted by molar-refractivity contribution is 5.82. The predicted octanol–water partition coefficient (Wildman–Crippen LogP) is 3.61. The Kier molecular flexibility index (Phi) is 7.20. The average Bonchev–Trinajstić information content (AvgIpc) is 2.61. The third-order valence-electron chi connectivity index (χ3n) is 4.71. The first-order valence-electron chi connectivity index (χ1n) is 9.06. The third kappa shape index (κ3) is 6.02. The zero-order chi connectivity index (χ0) is 18.2. The van der Waals surface area contributed by atoms with Gasteiger partial charge in [-0.3, -0.25) is 9.69 Å². The summed E-state index contributed by atoms with van der Waals surface area (Å²) < 4.78 is 0. The molecule has 1 amide bonds. The van der Waals surface area contributed by atoms with Gasteiger partial charge in [-0.2, -0.15) is 0 Å². The van der Waals surface area contributed by atoms with Crippen molar-refractivity contribution in [1.29, 1.82) is 0 Å². The summed E-state index contributed by atoms with van der Waals surface area (Å²) in [6.45, 7) is 7.00. The van der Waals surface area contributed by atoms with Crippen molar-refractivity contribution in [1.82, 2.24) is 10.2 Å². The van der Waals surface area contributed by atoms with E-state index in [1.165, 1.54) is 16.7 Å². The number of benzene rings is 2. The van der Waals surface area contributed by atoms with Crippen LogP contribution in [0.2, 0.25) is 0 Å². The highest BCUT2D eigenvalue weighted by Gasteiger charge is 2.25. The van der Waals surface area contributed by atoms with E-state index in [1.54, 1.807) is 0 Å². The minimum atomic E-state index is -0.154. The molecular weight excluding hydrogens is 308 g/mol. The Bertz CT molecular complexity index is 649. The maximum Gasteiger partial charge on any atom is 0.237 e. The molecule has 0 aliphatic carbocycles. The highest BCUT2D eigenvalue weighted by Crippen LogP contribution is 2.12. The van der Waals surface area contributed by atoms with Crippen LogP contribution in [0.25, 0.3) is 0 Å². The van der Waals surface area contributed by atoms with Gasteiger partial charge < -0.3 is 5.32 Å². The van der Waals surface area contributed by atoms with E-state index in [9.17, 15) is 4.79 Å². The zero-order valence-electron chi connectivity index (χ0n) is 15.8. The Balaban J connectivity index is 1.98. The van der Waals surface area contributed by atoms with E-state index in [4.69, 9.17) is 0 Å².